The van der Waals surface area contributed by atoms with Gasteiger partial charge in [0.15, 0.2) is 0 Å². The van der Waals surface area contributed by atoms with Gasteiger partial charge in [-0.1, -0.05) is 41.9 Å². The van der Waals surface area contributed by atoms with Gasteiger partial charge in [0.2, 0.25) is 0 Å². The molecule has 2 aromatic carbocycles. The topological polar surface area (TPSA) is 37.3 Å². The summed E-state index contributed by atoms with van der Waals surface area (Å²) in [4.78, 5) is 11.1. The SMILES string of the molecule is O=C(O)c1ccccc1Cc1cccc(Cl)c1Br. The van der Waals surface area contributed by atoms with E-state index in [1.807, 2.05) is 24.3 Å². The fourth-order valence-electron chi connectivity index (χ4n) is 1.77. The number of carbonyl (C=O) groups is 1. The van der Waals surface area contributed by atoms with E-state index < -0.39 is 5.97 Å². The molecule has 92 valence electrons. The summed E-state index contributed by atoms with van der Waals surface area (Å²) in [7, 11) is 0. The summed E-state index contributed by atoms with van der Waals surface area (Å²) in [6.07, 6.45) is 0.531. The molecule has 0 radical (unpaired) electrons. The maximum Gasteiger partial charge on any atom is 0.335 e. The van der Waals surface area contributed by atoms with Gasteiger partial charge in [-0.25, -0.2) is 4.79 Å². The molecule has 0 unspecified atom stereocenters. The van der Waals surface area contributed by atoms with Crippen LogP contribution in [0.25, 0.3) is 0 Å². The Kier molecular flexibility index (Phi) is 4.04. The molecule has 0 bridgehead atoms. The van der Waals surface area contributed by atoms with Crippen molar-refractivity contribution in [1.29, 1.82) is 0 Å². The summed E-state index contributed by atoms with van der Waals surface area (Å²) >= 11 is 9.44. The number of hydrogen-bond acceptors (Lipinski definition) is 1. The van der Waals surface area contributed by atoms with E-state index in [4.69, 9.17) is 16.7 Å². The van der Waals surface area contributed by atoms with Gasteiger partial charge in [-0.15, -0.1) is 0 Å². The highest BCUT2D eigenvalue weighted by Crippen LogP contribution is 2.28. The number of benzene rings is 2. The molecule has 1 N–H and O–H groups in total. The fourth-order valence-corrected chi connectivity index (χ4v) is 2.37. The molecular formula is C14H10BrClO2. The normalized spacial score (nSPS) is 10.3. The van der Waals surface area contributed by atoms with Crippen molar-refractivity contribution in [3.05, 3.63) is 68.7 Å². The lowest BCUT2D eigenvalue weighted by molar-refractivity contribution is 0.0696. The van der Waals surface area contributed by atoms with Crippen molar-refractivity contribution in [2.24, 2.45) is 0 Å². The molecule has 4 heteroatoms. The van der Waals surface area contributed by atoms with Crippen LogP contribution >= 0.6 is 27.5 Å². The lowest BCUT2D eigenvalue weighted by atomic mass is 10.00. The number of carboxylic acid groups (broad SMARTS) is 1. The number of hydrogen-bond donors (Lipinski definition) is 1. The van der Waals surface area contributed by atoms with Crippen LogP contribution in [0.3, 0.4) is 0 Å². The van der Waals surface area contributed by atoms with E-state index in [9.17, 15) is 4.79 Å². The minimum Gasteiger partial charge on any atom is -0.478 e. The molecule has 0 atom stereocenters. The van der Waals surface area contributed by atoms with Crippen molar-refractivity contribution in [1.82, 2.24) is 0 Å². The average molecular weight is 326 g/mol. The Morgan fingerprint density at radius 3 is 2.50 bits per heavy atom. The molecular weight excluding hydrogens is 316 g/mol. The lowest BCUT2D eigenvalue weighted by Crippen LogP contribution is -2.03. The number of rotatable bonds is 3. The van der Waals surface area contributed by atoms with Gasteiger partial charge in [-0.05, 0) is 45.6 Å². The smallest absolute Gasteiger partial charge is 0.335 e. The van der Waals surface area contributed by atoms with E-state index >= 15 is 0 Å². The van der Waals surface area contributed by atoms with Crippen molar-refractivity contribution in [3.8, 4) is 0 Å². The third-order valence-electron chi connectivity index (χ3n) is 2.66. The molecule has 0 aliphatic carbocycles. The minimum atomic E-state index is -0.913. The largest absolute Gasteiger partial charge is 0.478 e. The second-order valence-electron chi connectivity index (χ2n) is 3.85. The summed E-state index contributed by atoms with van der Waals surface area (Å²) in [5.41, 5.74) is 2.06. The molecule has 0 amide bonds. The van der Waals surface area contributed by atoms with Gasteiger partial charge >= 0.3 is 5.97 Å². The van der Waals surface area contributed by atoms with Crippen LogP contribution in [0.4, 0.5) is 0 Å². The molecule has 0 heterocycles. The van der Waals surface area contributed by atoms with Gasteiger partial charge in [-0.3, -0.25) is 0 Å². The van der Waals surface area contributed by atoms with Gasteiger partial charge in [0.25, 0.3) is 0 Å². The predicted octanol–water partition coefficient (Wildman–Crippen LogP) is 4.39. The average Bonchev–Trinajstić information content (AvgIpc) is 2.35. The molecule has 0 spiro atoms. The molecule has 2 rings (SSSR count). The Morgan fingerprint density at radius 2 is 1.78 bits per heavy atom. The summed E-state index contributed by atoms with van der Waals surface area (Å²) < 4.78 is 0.812. The van der Waals surface area contributed by atoms with Crippen LogP contribution < -0.4 is 0 Å². The zero-order valence-electron chi connectivity index (χ0n) is 9.36. The number of carboxylic acids is 1. The Balaban J connectivity index is 2.40. The Bertz CT molecular complexity index is 596. The van der Waals surface area contributed by atoms with E-state index in [1.165, 1.54) is 0 Å². The Hall–Kier alpha value is -1.32. The van der Waals surface area contributed by atoms with Crippen LogP contribution in [0.1, 0.15) is 21.5 Å². The first-order valence-electron chi connectivity index (χ1n) is 5.33. The van der Waals surface area contributed by atoms with E-state index in [0.717, 1.165) is 15.6 Å². The van der Waals surface area contributed by atoms with Gasteiger partial charge in [0, 0.05) is 4.47 Å². The first kappa shape index (κ1) is 13.1. The second kappa shape index (κ2) is 5.55. The zero-order valence-corrected chi connectivity index (χ0v) is 11.7. The van der Waals surface area contributed by atoms with Gasteiger partial charge < -0.3 is 5.11 Å². The summed E-state index contributed by atoms with van der Waals surface area (Å²) in [5, 5.41) is 9.76. The van der Waals surface area contributed by atoms with Crippen LogP contribution in [-0.2, 0) is 6.42 Å². The highest BCUT2D eigenvalue weighted by Gasteiger charge is 2.11. The van der Waals surface area contributed by atoms with Gasteiger partial charge in [-0.2, -0.15) is 0 Å². The molecule has 0 aromatic heterocycles. The van der Waals surface area contributed by atoms with Crippen molar-refractivity contribution in [2.45, 2.75) is 6.42 Å². The van der Waals surface area contributed by atoms with E-state index in [0.29, 0.717) is 17.0 Å². The maximum atomic E-state index is 11.1. The highest BCUT2D eigenvalue weighted by atomic mass is 79.9. The first-order valence-corrected chi connectivity index (χ1v) is 6.51. The van der Waals surface area contributed by atoms with Crippen LogP contribution in [0.2, 0.25) is 5.02 Å². The lowest BCUT2D eigenvalue weighted by Gasteiger charge is -2.08. The molecule has 2 nitrogen and oxygen atoms in total. The second-order valence-corrected chi connectivity index (χ2v) is 5.05. The van der Waals surface area contributed by atoms with Gasteiger partial charge in [0.05, 0.1) is 10.6 Å². The molecule has 0 fully saturated rings. The number of aromatic carboxylic acids is 1. The predicted molar refractivity (Wildman–Crippen MR) is 75.4 cm³/mol. The van der Waals surface area contributed by atoms with E-state index in [2.05, 4.69) is 15.9 Å². The zero-order chi connectivity index (χ0) is 13.1. The van der Waals surface area contributed by atoms with Crippen molar-refractivity contribution in [3.63, 3.8) is 0 Å². The number of halogens is 2. The van der Waals surface area contributed by atoms with E-state index in [-0.39, 0.29) is 0 Å². The molecule has 0 saturated carbocycles. The molecule has 18 heavy (non-hydrogen) atoms. The Labute approximate surface area is 118 Å². The van der Waals surface area contributed by atoms with Crippen LogP contribution in [0, 0.1) is 0 Å². The fraction of sp³-hybridized carbons (Fsp3) is 0.0714. The molecule has 0 aliphatic rings. The standard InChI is InChI=1S/C14H10BrClO2/c15-13-10(5-3-7-12(13)16)8-9-4-1-2-6-11(9)14(17)18/h1-7H,8H2,(H,17,18). The first-order chi connectivity index (χ1) is 8.59. The van der Waals surface area contributed by atoms with Gasteiger partial charge in [0.1, 0.15) is 0 Å². The summed E-state index contributed by atoms with van der Waals surface area (Å²) in [5.74, 6) is -0.913. The third-order valence-corrected chi connectivity index (χ3v) is 4.14. The summed E-state index contributed by atoms with van der Waals surface area (Å²) in [6, 6.07) is 12.5. The van der Waals surface area contributed by atoms with Crippen molar-refractivity contribution < 1.29 is 9.90 Å². The molecule has 2 aromatic rings. The van der Waals surface area contributed by atoms with Crippen LogP contribution in [0.15, 0.2) is 46.9 Å². The van der Waals surface area contributed by atoms with E-state index in [1.54, 1.807) is 18.2 Å². The van der Waals surface area contributed by atoms with Crippen LogP contribution in [-0.4, -0.2) is 11.1 Å². The highest BCUT2D eigenvalue weighted by molar-refractivity contribution is 9.10. The third kappa shape index (κ3) is 2.74. The maximum absolute atomic E-state index is 11.1. The molecule has 0 aliphatic heterocycles. The Morgan fingerprint density at radius 1 is 1.11 bits per heavy atom. The van der Waals surface area contributed by atoms with Crippen molar-refractivity contribution >= 4 is 33.5 Å². The molecule has 0 saturated heterocycles. The minimum absolute atomic E-state index is 0.323. The van der Waals surface area contributed by atoms with Crippen molar-refractivity contribution in [2.75, 3.05) is 0 Å². The quantitative estimate of drug-likeness (QED) is 0.908. The monoisotopic (exact) mass is 324 g/mol. The summed E-state index contributed by atoms with van der Waals surface area (Å²) in [6.45, 7) is 0. The van der Waals surface area contributed by atoms with Crippen LogP contribution in [0.5, 0.6) is 0 Å².